The third-order valence-electron chi connectivity index (χ3n) is 2.01. The van der Waals surface area contributed by atoms with Gasteiger partial charge in [-0.3, -0.25) is 0 Å². The fraction of sp³-hybridized carbons (Fsp3) is 0.250. The normalized spacial score (nSPS) is 8.85. The third kappa shape index (κ3) is 2.18. The standard InChI is InChI=1S/C10H9B.C2H6/c1-8-10-5-3-2-4-9(10)6-7-11-8;1-2/h2-7H,1H3;1-2H3. The fourth-order valence-electron chi connectivity index (χ4n) is 1.39. The first-order chi connectivity index (χ1) is 6.38. The van der Waals surface area contributed by atoms with Crippen LogP contribution in [0.5, 0.6) is 0 Å². The van der Waals surface area contributed by atoms with Gasteiger partial charge in [-0.15, -0.1) is 0 Å². The van der Waals surface area contributed by atoms with Gasteiger partial charge in [0.25, 0.3) is 0 Å². The zero-order valence-corrected chi connectivity index (χ0v) is 8.54. The van der Waals surface area contributed by atoms with Crippen LogP contribution >= 0.6 is 0 Å². The van der Waals surface area contributed by atoms with Gasteiger partial charge in [-0.2, -0.15) is 0 Å². The van der Waals surface area contributed by atoms with Crippen molar-refractivity contribution in [2.45, 2.75) is 20.8 Å². The Morgan fingerprint density at radius 2 is 1.69 bits per heavy atom. The summed E-state index contributed by atoms with van der Waals surface area (Å²) in [7, 11) is 0. The molecule has 0 spiro atoms. The third-order valence-corrected chi connectivity index (χ3v) is 2.01. The zero-order valence-electron chi connectivity index (χ0n) is 8.54. The van der Waals surface area contributed by atoms with Crippen molar-refractivity contribution in [3.63, 3.8) is 0 Å². The molecule has 0 atom stereocenters. The summed E-state index contributed by atoms with van der Waals surface area (Å²) in [4.78, 5) is 0. The molecule has 0 saturated heterocycles. The van der Waals surface area contributed by atoms with E-state index in [0.29, 0.717) is 0 Å². The van der Waals surface area contributed by atoms with Crippen LogP contribution in [0.3, 0.4) is 0 Å². The van der Waals surface area contributed by atoms with E-state index in [9.17, 15) is 0 Å². The number of rotatable bonds is 0. The van der Waals surface area contributed by atoms with Crippen molar-refractivity contribution >= 4 is 17.7 Å². The van der Waals surface area contributed by atoms with Gasteiger partial charge in [0, 0.05) is 0 Å². The van der Waals surface area contributed by atoms with Gasteiger partial charge in [-0.05, 0) is 0 Å². The predicted molar refractivity (Wildman–Crippen MR) is 61.4 cm³/mol. The van der Waals surface area contributed by atoms with Gasteiger partial charge in [0.2, 0.25) is 0 Å². The molecule has 0 aliphatic heterocycles. The number of hydrogen-bond acceptors (Lipinski definition) is 0. The molecule has 13 heavy (non-hydrogen) atoms. The maximum absolute atomic E-state index is 2.16. The molecule has 0 amide bonds. The molecular formula is C12H15B. The summed E-state index contributed by atoms with van der Waals surface area (Å²) in [6, 6.07) is 10.6. The summed E-state index contributed by atoms with van der Waals surface area (Å²) < 4.78 is 0. The molecule has 1 heterocycles. The summed E-state index contributed by atoms with van der Waals surface area (Å²) >= 11 is 0. The molecule has 1 aromatic heterocycles. The van der Waals surface area contributed by atoms with Crippen LogP contribution in [-0.4, -0.2) is 6.91 Å². The summed E-state index contributed by atoms with van der Waals surface area (Å²) in [6.45, 7) is 8.28. The predicted octanol–water partition coefficient (Wildman–Crippen LogP) is 3.51. The van der Waals surface area contributed by atoms with E-state index >= 15 is 0 Å². The van der Waals surface area contributed by atoms with Gasteiger partial charge in [0.15, 0.2) is 0 Å². The number of benzene rings is 1. The van der Waals surface area contributed by atoms with Crippen LogP contribution in [0.2, 0.25) is 0 Å². The monoisotopic (exact) mass is 170 g/mol. The molecule has 0 bridgehead atoms. The first-order valence-electron chi connectivity index (χ1n) is 4.82. The topological polar surface area (TPSA) is 0 Å². The van der Waals surface area contributed by atoms with Gasteiger partial charge in [-0.1, -0.05) is 13.8 Å². The Labute approximate surface area is 80.8 Å². The number of aryl methyl sites for hydroxylation is 1. The first-order valence-corrected chi connectivity index (χ1v) is 4.82. The summed E-state index contributed by atoms with van der Waals surface area (Å²) in [5.74, 6) is 2.09. The Morgan fingerprint density at radius 1 is 1.00 bits per heavy atom. The van der Waals surface area contributed by atoms with Crippen LogP contribution in [0.15, 0.2) is 36.3 Å². The number of hydrogen-bond donors (Lipinski definition) is 0. The van der Waals surface area contributed by atoms with Gasteiger partial charge >= 0.3 is 66.4 Å². The molecule has 0 N–H and O–H groups in total. The Kier molecular flexibility index (Phi) is 3.69. The molecule has 0 aliphatic rings. The molecule has 0 unspecified atom stereocenters. The molecule has 2 rings (SSSR count). The van der Waals surface area contributed by atoms with E-state index in [1.165, 1.54) is 16.2 Å². The van der Waals surface area contributed by atoms with E-state index in [4.69, 9.17) is 0 Å². The van der Waals surface area contributed by atoms with E-state index < -0.39 is 0 Å². The second-order valence-electron chi connectivity index (χ2n) is 2.80. The van der Waals surface area contributed by atoms with Crippen molar-refractivity contribution in [2.24, 2.45) is 0 Å². The van der Waals surface area contributed by atoms with Crippen LogP contribution < -0.4 is 0 Å². The van der Waals surface area contributed by atoms with Crippen LogP contribution in [0, 0.1) is 6.92 Å². The molecule has 1 heteroatoms. The van der Waals surface area contributed by atoms with E-state index in [2.05, 4.69) is 50.1 Å². The Hall–Kier alpha value is -1.11. The Morgan fingerprint density at radius 3 is 2.38 bits per heavy atom. The first kappa shape index (κ1) is 9.98. The van der Waals surface area contributed by atoms with Crippen molar-refractivity contribution in [3.8, 4) is 0 Å². The van der Waals surface area contributed by atoms with Crippen LogP contribution in [0.1, 0.15) is 19.3 Å². The second kappa shape index (κ2) is 4.81. The van der Waals surface area contributed by atoms with Gasteiger partial charge in [-0.25, -0.2) is 0 Å². The second-order valence-corrected chi connectivity index (χ2v) is 2.80. The van der Waals surface area contributed by atoms with Crippen LogP contribution in [0.25, 0.3) is 10.8 Å². The average molecular weight is 170 g/mol. The quantitative estimate of drug-likeness (QED) is 0.567. The average Bonchev–Trinajstić information content (AvgIpc) is 2.22. The summed E-state index contributed by atoms with van der Waals surface area (Å²) in [5.41, 5.74) is 1.35. The summed E-state index contributed by atoms with van der Waals surface area (Å²) in [6.07, 6.45) is 0. The molecule has 0 saturated carbocycles. The summed E-state index contributed by atoms with van der Waals surface area (Å²) in [5, 5.41) is 2.68. The van der Waals surface area contributed by atoms with E-state index in [-0.39, 0.29) is 0 Å². The van der Waals surface area contributed by atoms with E-state index in [1.54, 1.807) is 0 Å². The molecule has 2 aromatic rings. The van der Waals surface area contributed by atoms with Crippen molar-refractivity contribution in [1.82, 2.24) is 0 Å². The van der Waals surface area contributed by atoms with Crippen molar-refractivity contribution < 1.29 is 0 Å². The van der Waals surface area contributed by atoms with E-state index in [0.717, 1.165) is 0 Å². The van der Waals surface area contributed by atoms with Crippen LogP contribution in [-0.2, 0) is 0 Å². The van der Waals surface area contributed by atoms with E-state index in [1.807, 2.05) is 13.8 Å². The van der Waals surface area contributed by atoms with Gasteiger partial charge < -0.3 is 0 Å². The molecule has 0 nitrogen and oxygen atoms in total. The maximum atomic E-state index is 2.16. The fourth-order valence-corrected chi connectivity index (χ4v) is 1.39. The molecule has 0 radical (unpaired) electrons. The zero-order chi connectivity index (χ0) is 9.68. The molecular weight excluding hydrogens is 155 g/mol. The van der Waals surface area contributed by atoms with Crippen molar-refractivity contribution in [1.29, 1.82) is 0 Å². The molecule has 0 aliphatic carbocycles. The van der Waals surface area contributed by atoms with Crippen LogP contribution in [0.4, 0.5) is 0 Å². The van der Waals surface area contributed by atoms with Gasteiger partial charge in [0.1, 0.15) is 0 Å². The minimum atomic E-state index is 1.33. The van der Waals surface area contributed by atoms with Crippen molar-refractivity contribution in [2.75, 3.05) is 0 Å². The molecule has 1 aromatic carbocycles. The van der Waals surface area contributed by atoms with Crippen molar-refractivity contribution in [3.05, 3.63) is 41.8 Å². The minimum absolute atomic E-state index is 1.33. The van der Waals surface area contributed by atoms with Gasteiger partial charge in [0.05, 0.1) is 0 Å². The SMILES string of the molecule is CC.Cc1bccc2ccccc12. The number of fused-ring (bicyclic) bond motifs is 1. The molecule has 66 valence electrons. The Bertz CT molecular complexity index is 374. The molecule has 0 fully saturated rings. The Balaban J connectivity index is 0.000000396.